The molecule has 5 nitrogen and oxygen atoms in total. The molecule has 0 saturated heterocycles. The van der Waals surface area contributed by atoms with Gasteiger partial charge in [0.15, 0.2) is 0 Å². The number of nitrogens with one attached hydrogen (secondary N) is 2. The third kappa shape index (κ3) is 5.05. The smallest absolute Gasteiger partial charge is 0.251 e. The first-order valence-corrected chi connectivity index (χ1v) is 9.08. The highest BCUT2D eigenvalue weighted by atomic mass is 35.5. The average Bonchev–Trinajstić information content (AvgIpc) is 2.67. The number of aryl methyl sites for hydroxylation is 1. The Morgan fingerprint density at radius 2 is 1.96 bits per heavy atom. The van der Waals surface area contributed by atoms with Crippen molar-refractivity contribution in [3.05, 3.63) is 88.2 Å². The van der Waals surface area contributed by atoms with E-state index < -0.39 is 0 Å². The van der Waals surface area contributed by atoms with Gasteiger partial charge in [-0.1, -0.05) is 41.9 Å². The van der Waals surface area contributed by atoms with Crippen molar-refractivity contribution in [1.29, 1.82) is 0 Å². The summed E-state index contributed by atoms with van der Waals surface area (Å²) in [6, 6.07) is 16.6. The molecule has 138 valence electrons. The molecule has 2 N–H and O–H groups in total. The summed E-state index contributed by atoms with van der Waals surface area (Å²) in [6.07, 6.45) is 1.71. The molecule has 1 heterocycles. The topological polar surface area (TPSA) is 66.9 Å². The first-order chi connectivity index (χ1) is 13.0. The van der Waals surface area contributed by atoms with Crippen LogP contribution in [-0.2, 0) is 6.54 Å². The fraction of sp³-hybridized carbons (Fsp3) is 0.190. The lowest BCUT2D eigenvalue weighted by atomic mass is 10.1. The Bertz CT molecular complexity index is 945. The summed E-state index contributed by atoms with van der Waals surface area (Å²) in [6.45, 7) is 4.36. The Kier molecular flexibility index (Phi) is 6.04. The molecule has 0 aliphatic rings. The van der Waals surface area contributed by atoms with Crippen LogP contribution in [0.1, 0.15) is 40.1 Å². The molecule has 2 aromatic carbocycles. The van der Waals surface area contributed by atoms with Crippen molar-refractivity contribution in [3.63, 3.8) is 0 Å². The number of halogens is 1. The van der Waals surface area contributed by atoms with Gasteiger partial charge < -0.3 is 10.6 Å². The molecule has 0 radical (unpaired) electrons. The highest BCUT2D eigenvalue weighted by molar-refractivity contribution is 6.31. The number of nitrogens with zero attached hydrogens (tertiary/aromatic N) is 2. The number of amides is 1. The largest absolute Gasteiger partial charge is 0.350 e. The quantitative estimate of drug-likeness (QED) is 0.658. The monoisotopic (exact) mass is 380 g/mol. The van der Waals surface area contributed by atoms with Crippen LogP contribution in [-0.4, -0.2) is 15.9 Å². The lowest BCUT2D eigenvalue weighted by Gasteiger charge is -2.16. The summed E-state index contributed by atoms with van der Waals surface area (Å²) in [7, 11) is 0. The van der Waals surface area contributed by atoms with Crippen LogP contribution in [0.2, 0.25) is 5.02 Å². The third-order valence-electron chi connectivity index (χ3n) is 4.15. The molecule has 0 fully saturated rings. The van der Waals surface area contributed by atoms with Crippen molar-refractivity contribution in [2.24, 2.45) is 0 Å². The van der Waals surface area contributed by atoms with Gasteiger partial charge in [-0.05, 0) is 49.2 Å². The standard InChI is InChI=1S/C21H21ClN4O/c1-14-10-11-23-21(25-14)24-13-16-6-5-7-17(12-16)20(27)26-15(2)18-8-3-4-9-19(18)22/h3-12,15H,13H2,1-2H3,(H,26,27)(H,23,24,25)/t15-/m1/s1. The molecule has 6 heteroatoms. The molecule has 1 amide bonds. The summed E-state index contributed by atoms with van der Waals surface area (Å²) in [5.41, 5.74) is 3.35. The van der Waals surface area contributed by atoms with E-state index in [4.69, 9.17) is 11.6 Å². The number of hydrogen-bond donors (Lipinski definition) is 2. The van der Waals surface area contributed by atoms with Gasteiger partial charge in [-0.3, -0.25) is 4.79 Å². The second kappa shape index (κ2) is 8.64. The van der Waals surface area contributed by atoms with E-state index in [2.05, 4.69) is 20.6 Å². The van der Waals surface area contributed by atoms with E-state index in [-0.39, 0.29) is 11.9 Å². The fourth-order valence-corrected chi connectivity index (χ4v) is 3.02. The minimum Gasteiger partial charge on any atom is -0.350 e. The predicted octanol–water partition coefficient (Wildman–Crippen LogP) is 4.54. The maximum atomic E-state index is 12.6. The van der Waals surface area contributed by atoms with E-state index in [1.54, 1.807) is 12.3 Å². The first-order valence-electron chi connectivity index (χ1n) is 8.70. The predicted molar refractivity (Wildman–Crippen MR) is 108 cm³/mol. The van der Waals surface area contributed by atoms with Crippen molar-refractivity contribution in [2.45, 2.75) is 26.4 Å². The minimum atomic E-state index is -0.186. The molecular formula is C21H21ClN4O. The Labute approximate surface area is 163 Å². The summed E-state index contributed by atoms with van der Waals surface area (Å²) in [5, 5.41) is 6.80. The molecule has 0 saturated carbocycles. The van der Waals surface area contributed by atoms with Gasteiger partial charge in [0, 0.05) is 29.0 Å². The van der Waals surface area contributed by atoms with Crippen molar-refractivity contribution in [2.75, 3.05) is 5.32 Å². The maximum absolute atomic E-state index is 12.6. The second-order valence-corrected chi connectivity index (χ2v) is 6.70. The lowest BCUT2D eigenvalue weighted by molar-refractivity contribution is 0.0940. The number of hydrogen-bond acceptors (Lipinski definition) is 4. The van der Waals surface area contributed by atoms with Crippen LogP contribution in [0.25, 0.3) is 0 Å². The zero-order valence-electron chi connectivity index (χ0n) is 15.2. The Morgan fingerprint density at radius 3 is 2.74 bits per heavy atom. The molecule has 1 atom stereocenters. The Balaban J connectivity index is 1.65. The van der Waals surface area contributed by atoms with Crippen molar-refractivity contribution in [3.8, 4) is 0 Å². The van der Waals surface area contributed by atoms with Gasteiger partial charge >= 0.3 is 0 Å². The van der Waals surface area contributed by atoms with E-state index in [0.29, 0.717) is 23.1 Å². The number of carbonyl (C=O) groups excluding carboxylic acids is 1. The first kappa shape index (κ1) is 18.9. The highest BCUT2D eigenvalue weighted by Crippen LogP contribution is 2.22. The van der Waals surface area contributed by atoms with Crippen LogP contribution in [0.5, 0.6) is 0 Å². The van der Waals surface area contributed by atoms with Crippen molar-refractivity contribution < 1.29 is 4.79 Å². The van der Waals surface area contributed by atoms with Gasteiger partial charge in [-0.15, -0.1) is 0 Å². The van der Waals surface area contributed by atoms with Crippen LogP contribution in [0.3, 0.4) is 0 Å². The Hall–Kier alpha value is -2.92. The second-order valence-electron chi connectivity index (χ2n) is 6.29. The molecule has 0 bridgehead atoms. The van der Waals surface area contributed by atoms with Crippen LogP contribution >= 0.6 is 11.6 Å². The van der Waals surface area contributed by atoms with Gasteiger partial charge in [0.1, 0.15) is 0 Å². The van der Waals surface area contributed by atoms with Gasteiger partial charge in [-0.25, -0.2) is 9.97 Å². The van der Waals surface area contributed by atoms with Crippen LogP contribution in [0.4, 0.5) is 5.95 Å². The van der Waals surface area contributed by atoms with Crippen LogP contribution in [0, 0.1) is 6.92 Å². The highest BCUT2D eigenvalue weighted by Gasteiger charge is 2.14. The summed E-state index contributed by atoms with van der Waals surface area (Å²) < 4.78 is 0. The Morgan fingerprint density at radius 1 is 1.15 bits per heavy atom. The SMILES string of the molecule is Cc1ccnc(NCc2cccc(C(=O)N[C@H](C)c3ccccc3Cl)c2)n1. The number of benzene rings is 2. The maximum Gasteiger partial charge on any atom is 0.251 e. The van der Waals surface area contributed by atoms with Crippen LogP contribution in [0.15, 0.2) is 60.8 Å². The third-order valence-corrected chi connectivity index (χ3v) is 4.50. The zero-order valence-corrected chi connectivity index (χ0v) is 16.0. The molecule has 0 unspecified atom stereocenters. The molecule has 3 aromatic rings. The van der Waals surface area contributed by atoms with E-state index in [1.165, 1.54) is 0 Å². The van der Waals surface area contributed by atoms with E-state index in [0.717, 1.165) is 16.8 Å². The summed E-state index contributed by atoms with van der Waals surface area (Å²) in [4.78, 5) is 21.1. The van der Waals surface area contributed by atoms with Gasteiger partial charge in [-0.2, -0.15) is 0 Å². The molecule has 27 heavy (non-hydrogen) atoms. The summed E-state index contributed by atoms with van der Waals surface area (Å²) in [5.74, 6) is 0.424. The zero-order chi connectivity index (χ0) is 19.2. The van der Waals surface area contributed by atoms with E-state index in [9.17, 15) is 4.79 Å². The molecule has 0 aliphatic carbocycles. The minimum absolute atomic E-state index is 0.143. The molecule has 3 rings (SSSR count). The normalized spacial score (nSPS) is 11.7. The van der Waals surface area contributed by atoms with Gasteiger partial charge in [0.25, 0.3) is 5.91 Å². The number of rotatable bonds is 6. The lowest BCUT2D eigenvalue weighted by Crippen LogP contribution is -2.27. The van der Waals surface area contributed by atoms with Crippen molar-refractivity contribution in [1.82, 2.24) is 15.3 Å². The molecule has 0 aliphatic heterocycles. The number of anilines is 1. The average molecular weight is 381 g/mol. The fourth-order valence-electron chi connectivity index (χ4n) is 2.72. The summed E-state index contributed by atoms with van der Waals surface area (Å²) >= 11 is 6.21. The van der Waals surface area contributed by atoms with Crippen LogP contribution < -0.4 is 10.6 Å². The number of carbonyl (C=O) groups is 1. The number of aromatic nitrogens is 2. The van der Waals surface area contributed by atoms with Gasteiger partial charge in [0.05, 0.1) is 6.04 Å². The molecule has 1 aromatic heterocycles. The van der Waals surface area contributed by atoms with E-state index in [1.807, 2.05) is 62.4 Å². The van der Waals surface area contributed by atoms with Crippen molar-refractivity contribution >= 4 is 23.5 Å². The molecule has 0 spiro atoms. The molecular weight excluding hydrogens is 360 g/mol. The van der Waals surface area contributed by atoms with E-state index >= 15 is 0 Å². The van der Waals surface area contributed by atoms with Gasteiger partial charge in [0.2, 0.25) is 5.95 Å².